The molecule has 1 amide bonds. The molecule has 0 radical (unpaired) electrons. The number of hydrogen-bond donors (Lipinski definition) is 1. The maximum Gasteiger partial charge on any atom is 0.252 e. The topological polar surface area (TPSA) is 42.0 Å². The van der Waals surface area contributed by atoms with E-state index in [4.69, 9.17) is 0 Å². The average Bonchev–Trinajstić information content (AvgIpc) is 2.48. The van der Waals surface area contributed by atoms with Crippen LogP contribution in [0.15, 0.2) is 53.3 Å². The standard InChI is InChI=1S/C17H19BrN2O/c1-12(2)16(13-6-4-3-5-7-13)11-20-17(21)14-8-15(18)10-19-9-14/h3-10,12,16H,11H2,1-2H3,(H,20,21). The zero-order chi connectivity index (χ0) is 15.2. The van der Waals surface area contributed by atoms with E-state index in [1.54, 1.807) is 18.5 Å². The lowest BCUT2D eigenvalue weighted by molar-refractivity contribution is 0.0948. The molecule has 1 atom stereocenters. The van der Waals surface area contributed by atoms with Gasteiger partial charge >= 0.3 is 0 Å². The number of amides is 1. The van der Waals surface area contributed by atoms with Gasteiger partial charge in [-0.3, -0.25) is 9.78 Å². The minimum Gasteiger partial charge on any atom is -0.351 e. The fourth-order valence-electron chi connectivity index (χ4n) is 2.28. The molecular formula is C17H19BrN2O. The Morgan fingerprint density at radius 3 is 2.57 bits per heavy atom. The second-order valence-corrected chi connectivity index (χ2v) is 6.28. The highest BCUT2D eigenvalue weighted by molar-refractivity contribution is 9.10. The number of carbonyl (C=O) groups is 1. The fourth-order valence-corrected chi connectivity index (χ4v) is 2.64. The van der Waals surface area contributed by atoms with Crippen molar-refractivity contribution in [1.82, 2.24) is 10.3 Å². The van der Waals surface area contributed by atoms with Crippen molar-refractivity contribution in [1.29, 1.82) is 0 Å². The van der Waals surface area contributed by atoms with E-state index in [0.29, 0.717) is 23.9 Å². The summed E-state index contributed by atoms with van der Waals surface area (Å²) in [6, 6.07) is 12.1. The van der Waals surface area contributed by atoms with Gasteiger partial charge in [-0.1, -0.05) is 44.2 Å². The molecule has 3 nitrogen and oxygen atoms in total. The van der Waals surface area contributed by atoms with Crippen LogP contribution in [0.1, 0.15) is 35.7 Å². The number of nitrogens with zero attached hydrogens (tertiary/aromatic N) is 1. The van der Waals surface area contributed by atoms with Crippen LogP contribution in [0.5, 0.6) is 0 Å². The van der Waals surface area contributed by atoms with E-state index in [-0.39, 0.29) is 5.91 Å². The van der Waals surface area contributed by atoms with Gasteiger partial charge in [0.05, 0.1) is 5.56 Å². The predicted molar refractivity (Wildman–Crippen MR) is 88.3 cm³/mol. The van der Waals surface area contributed by atoms with Crippen molar-refractivity contribution in [2.24, 2.45) is 5.92 Å². The van der Waals surface area contributed by atoms with Gasteiger partial charge in [-0.15, -0.1) is 0 Å². The number of rotatable bonds is 5. The molecule has 2 aromatic rings. The van der Waals surface area contributed by atoms with Gasteiger partial charge in [-0.2, -0.15) is 0 Å². The van der Waals surface area contributed by atoms with E-state index in [9.17, 15) is 4.79 Å². The number of nitrogens with one attached hydrogen (secondary N) is 1. The van der Waals surface area contributed by atoms with Crippen LogP contribution in [-0.2, 0) is 0 Å². The third-order valence-electron chi connectivity index (χ3n) is 3.48. The van der Waals surface area contributed by atoms with Crippen molar-refractivity contribution in [2.45, 2.75) is 19.8 Å². The molecule has 1 N–H and O–H groups in total. The van der Waals surface area contributed by atoms with Crippen LogP contribution in [0.4, 0.5) is 0 Å². The van der Waals surface area contributed by atoms with Crippen molar-refractivity contribution in [2.75, 3.05) is 6.54 Å². The quantitative estimate of drug-likeness (QED) is 0.888. The summed E-state index contributed by atoms with van der Waals surface area (Å²) >= 11 is 3.33. The SMILES string of the molecule is CC(C)C(CNC(=O)c1cncc(Br)c1)c1ccccc1. The molecule has 1 heterocycles. The third-order valence-corrected chi connectivity index (χ3v) is 3.92. The maximum atomic E-state index is 12.2. The first-order chi connectivity index (χ1) is 10.1. The van der Waals surface area contributed by atoms with Gasteiger partial charge in [0.15, 0.2) is 0 Å². The van der Waals surface area contributed by atoms with Crippen molar-refractivity contribution in [3.8, 4) is 0 Å². The summed E-state index contributed by atoms with van der Waals surface area (Å²) in [4.78, 5) is 16.2. The van der Waals surface area contributed by atoms with Gasteiger partial charge in [0.2, 0.25) is 0 Å². The van der Waals surface area contributed by atoms with E-state index >= 15 is 0 Å². The summed E-state index contributed by atoms with van der Waals surface area (Å²) in [7, 11) is 0. The minimum absolute atomic E-state index is 0.0922. The molecule has 110 valence electrons. The van der Waals surface area contributed by atoms with Crippen molar-refractivity contribution in [3.05, 3.63) is 64.4 Å². The average molecular weight is 347 g/mol. The van der Waals surface area contributed by atoms with Crippen LogP contribution in [0.25, 0.3) is 0 Å². The lowest BCUT2D eigenvalue weighted by Gasteiger charge is -2.21. The van der Waals surface area contributed by atoms with Crippen LogP contribution in [-0.4, -0.2) is 17.4 Å². The van der Waals surface area contributed by atoms with Gasteiger partial charge < -0.3 is 5.32 Å². The van der Waals surface area contributed by atoms with E-state index in [0.717, 1.165) is 4.47 Å². The first kappa shape index (κ1) is 15.7. The lowest BCUT2D eigenvalue weighted by atomic mass is 9.88. The molecule has 0 aliphatic carbocycles. The fraction of sp³-hybridized carbons (Fsp3) is 0.294. The van der Waals surface area contributed by atoms with Crippen LogP contribution >= 0.6 is 15.9 Å². The van der Waals surface area contributed by atoms with Gasteiger partial charge in [-0.05, 0) is 33.5 Å². The smallest absolute Gasteiger partial charge is 0.252 e. The first-order valence-electron chi connectivity index (χ1n) is 7.01. The number of carbonyl (C=O) groups excluding carboxylic acids is 1. The summed E-state index contributed by atoms with van der Waals surface area (Å²) in [5, 5.41) is 3.01. The summed E-state index contributed by atoms with van der Waals surface area (Å²) in [6.07, 6.45) is 3.24. The molecule has 0 saturated carbocycles. The summed E-state index contributed by atoms with van der Waals surface area (Å²) in [5.41, 5.74) is 1.82. The lowest BCUT2D eigenvalue weighted by Crippen LogP contribution is -2.30. The summed E-state index contributed by atoms with van der Waals surface area (Å²) in [6.45, 7) is 4.96. The van der Waals surface area contributed by atoms with Crippen molar-refractivity contribution < 1.29 is 4.79 Å². The normalized spacial score (nSPS) is 12.2. The van der Waals surface area contributed by atoms with Crippen LogP contribution in [0, 0.1) is 5.92 Å². The molecular weight excluding hydrogens is 328 g/mol. The number of halogens is 1. The van der Waals surface area contributed by atoms with Crippen molar-refractivity contribution >= 4 is 21.8 Å². The second kappa shape index (κ2) is 7.36. The van der Waals surface area contributed by atoms with E-state index < -0.39 is 0 Å². The van der Waals surface area contributed by atoms with E-state index in [2.05, 4.69) is 52.2 Å². The van der Waals surface area contributed by atoms with Crippen LogP contribution in [0.2, 0.25) is 0 Å². The summed E-state index contributed by atoms with van der Waals surface area (Å²) in [5.74, 6) is 0.661. The second-order valence-electron chi connectivity index (χ2n) is 5.36. The highest BCUT2D eigenvalue weighted by Crippen LogP contribution is 2.23. The third kappa shape index (κ3) is 4.39. The van der Waals surface area contributed by atoms with Gasteiger partial charge in [-0.25, -0.2) is 0 Å². The van der Waals surface area contributed by atoms with Crippen LogP contribution < -0.4 is 5.32 Å². The molecule has 2 rings (SSSR count). The highest BCUT2D eigenvalue weighted by atomic mass is 79.9. The zero-order valence-corrected chi connectivity index (χ0v) is 13.8. The zero-order valence-electron chi connectivity index (χ0n) is 12.2. The predicted octanol–water partition coefficient (Wildman–Crippen LogP) is 4.01. The molecule has 0 bridgehead atoms. The number of benzene rings is 1. The highest BCUT2D eigenvalue weighted by Gasteiger charge is 2.17. The Morgan fingerprint density at radius 1 is 1.24 bits per heavy atom. The Bertz CT molecular complexity index is 599. The Labute approximate surface area is 133 Å². The van der Waals surface area contributed by atoms with E-state index in [1.165, 1.54) is 5.56 Å². The molecule has 0 aliphatic rings. The molecule has 0 spiro atoms. The van der Waals surface area contributed by atoms with E-state index in [1.807, 2.05) is 18.2 Å². The molecule has 1 aromatic heterocycles. The molecule has 0 fully saturated rings. The van der Waals surface area contributed by atoms with Crippen molar-refractivity contribution in [3.63, 3.8) is 0 Å². The Hall–Kier alpha value is -1.68. The first-order valence-corrected chi connectivity index (χ1v) is 7.81. The van der Waals surface area contributed by atoms with Gasteiger partial charge in [0.1, 0.15) is 0 Å². The Morgan fingerprint density at radius 2 is 1.95 bits per heavy atom. The molecule has 21 heavy (non-hydrogen) atoms. The maximum absolute atomic E-state index is 12.2. The number of aromatic nitrogens is 1. The molecule has 1 unspecified atom stereocenters. The Balaban J connectivity index is 2.04. The summed E-state index contributed by atoms with van der Waals surface area (Å²) < 4.78 is 0.804. The largest absolute Gasteiger partial charge is 0.351 e. The van der Waals surface area contributed by atoms with Gasteiger partial charge in [0, 0.05) is 29.3 Å². The molecule has 1 aromatic carbocycles. The minimum atomic E-state index is -0.0922. The number of pyridine rings is 1. The van der Waals surface area contributed by atoms with Gasteiger partial charge in [0.25, 0.3) is 5.91 Å². The van der Waals surface area contributed by atoms with Crippen LogP contribution in [0.3, 0.4) is 0 Å². The molecule has 4 heteroatoms. The molecule has 0 aliphatic heterocycles. The molecule has 0 saturated heterocycles. The monoisotopic (exact) mass is 346 g/mol. The number of hydrogen-bond acceptors (Lipinski definition) is 2. The Kier molecular flexibility index (Phi) is 5.51.